The Bertz CT molecular complexity index is 1100. The summed E-state index contributed by atoms with van der Waals surface area (Å²) in [6, 6.07) is 5.94. The van der Waals surface area contributed by atoms with Gasteiger partial charge in [-0.3, -0.25) is 4.98 Å². The van der Waals surface area contributed by atoms with Crippen LogP contribution in [0.5, 0.6) is 0 Å². The maximum absolute atomic E-state index is 13.0. The first-order valence-electron chi connectivity index (χ1n) is 8.56. The molecule has 2 aromatic heterocycles. The molecule has 0 spiro atoms. The van der Waals surface area contributed by atoms with Gasteiger partial charge in [0, 0.05) is 30.7 Å². The number of halogens is 3. The number of rotatable bonds is 3. The van der Waals surface area contributed by atoms with E-state index in [2.05, 4.69) is 37.4 Å². The van der Waals surface area contributed by atoms with E-state index in [1.165, 1.54) is 43.0 Å². The minimum absolute atomic E-state index is 0.0383. The first kappa shape index (κ1) is 20.6. The van der Waals surface area contributed by atoms with Gasteiger partial charge in [-0.25, -0.2) is 14.8 Å². The highest BCUT2D eigenvalue weighted by molar-refractivity contribution is 5.89. The largest absolute Gasteiger partial charge is 0.416 e. The van der Waals surface area contributed by atoms with Crippen molar-refractivity contribution in [3.8, 4) is 11.8 Å². The van der Waals surface area contributed by atoms with Crippen LogP contribution < -0.4 is 16.4 Å². The highest BCUT2D eigenvalue weighted by Gasteiger charge is 2.32. The van der Waals surface area contributed by atoms with Gasteiger partial charge in [-0.2, -0.15) is 13.2 Å². The minimum atomic E-state index is -4.50. The molecule has 0 fully saturated rings. The Morgan fingerprint density at radius 3 is 2.47 bits per heavy atom. The molecular weight excluding hydrogens is 397 g/mol. The first-order valence-corrected chi connectivity index (χ1v) is 8.56. The minimum Gasteiger partial charge on any atom is -0.368 e. The fourth-order valence-corrected chi connectivity index (χ4v) is 2.43. The van der Waals surface area contributed by atoms with Crippen molar-refractivity contribution in [3.63, 3.8) is 0 Å². The SMILES string of the molecule is Nc1ncc(C#Cc2cncc(NC(=O)NCc3ccccc3C(F)(F)F)c2)cn1. The molecule has 2 heterocycles. The van der Waals surface area contributed by atoms with Crippen molar-refractivity contribution in [1.29, 1.82) is 0 Å². The Balaban J connectivity index is 1.63. The number of nitrogens with zero attached hydrogens (tertiary/aromatic N) is 3. The van der Waals surface area contributed by atoms with Crippen LogP contribution in [-0.2, 0) is 12.7 Å². The Morgan fingerprint density at radius 2 is 1.73 bits per heavy atom. The lowest BCUT2D eigenvalue weighted by Crippen LogP contribution is -2.29. The molecule has 3 aromatic rings. The number of aromatic nitrogens is 3. The molecule has 0 radical (unpaired) electrons. The lowest BCUT2D eigenvalue weighted by Gasteiger charge is -2.13. The van der Waals surface area contributed by atoms with E-state index in [4.69, 9.17) is 5.73 Å². The zero-order chi connectivity index (χ0) is 21.6. The molecule has 2 amide bonds. The van der Waals surface area contributed by atoms with E-state index in [-0.39, 0.29) is 18.1 Å². The number of pyridine rings is 1. The van der Waals surface area contributed by atoms with Crippen LogP contribution in [0.2, 0.25) is 0 Å². The van der Waals surface area contributed by atoms with E-state index in [1.807, 2.05) is 0 Å². The van der Waals surface area contributed by atoms with Crippen LogP contribution in [0, 0.1) is 11.8 Å². The normalized spacial score (nSPS) is 10.6. The number of hydrogen-bond donors (Lipinski definition) is 3. The van der Waals surface area contributed by atoms with Gasteiger partial charge in [0.05, 0.1) is 23.0 Å². The van der Waals surface area contributed by atoms with E-state index in [0.717, 1.165) is 6.07 Å². The first-order chi connectivity index (χ1) is 14.3. The predicted molar refractivity (Wildman–Crippen MR) is 104 cm³/mol. The van der Waals surface area contributed by atoms with Crippen LogP contribution in [0.1, 0.15) is 22.3 Å². The van der Waals surface area contributed by atoms with E-state index in [9.17, 15) is 18.0 Å². The molecule has 30 heavy (non-hydrogen) atoms. The molecule has 0 saturated heterocycles. The standard InChI is InChI=1S/C20H15F3N6O/c21-20(22,23)17-4-2-1-3-15(17)11-28-19(30)29-16-7-13(8-25-12-16)5-6-14-9-26-18(24)27-10-14/h1-4,7-10,12H,11H2,(H2,24,26,27)(H2,28,29,30). The number of alkyl halides is 3. The van der Waals surface area contributed by atoms with Gasteiger partial charge in [0.15, 0.2) is 0 Å². The number of benzene rings is 1. The van der Waals surface area contributed by atoms with Crippen molar-refractivity contribution in [3.05, 3.63) is 77.4 Å². The van der Waals surface area contributed by atoms with Gasteiger partial charge < -0.3 is 16.4 Å². The van der Waals surface area contributed by atoms with Crippen LogP contribution in [-0.4, -0.2) is 21.0 Å². The number of nitrogens with two attached hydrogens (primary N) is 1. The molecule has 0 unspecified atom stereocenters. The molecule has 0 aliphatic heterocycles. The van der Waals surface area contributed by atoms with Crippen LogP contribution in [0.3, 0.4) is 0 Å². The van der Waals surface area contributed by atoms with Crippen molar-refractivity contribution in [2.45, 2.75) is 12.7 Å². The zero-order valence-electron chi connectivity index (χ0n) is 15.4. The van der Waals surface area contributed by atoms with Gasteiger partial charge in [-0.05, 0) is 17.7 Å². The molecule has 3 rings (SSSR count). The third kappa shape index (κ3) is 5.68. The number of nitrogens with one attached hydrogen (secondary N) is 2. The number of urea groups is 1. The Morgan fingerprint density at radius 1 is 1.03 bits per heavy atom. The Labute approximate surface area is 169 Å². The van der Waals surface area contributed by atoms with Gasteiger partial charge >= 0.3 is 12.2 Å². The molecule has 1 aromatic carbocycles. The summed E-state index contributed by atoms with van der Waals surface area (Å²) in [7, 11) is 0. The second kappa shape index (κ2) is 8.91. The number of carbonyl (C=O) groups is 1. The van der Waals surface area contributed by atoms with Crippen molar-refractivity contribution < 1.29 is 18.0 Å². The van der Waals surface area contributed by atoms with Crippen molar-refractivity contribution in [2.24, 2.45) is 0 Å². The third-order valence-electron chi connectivity index (χ3n) is 3.78. The Kier molecular flexibility index (Phi) is 6.12. The molecule has 0 bridgehead atoms. The summed E-state index contributed by atoms with van der Waals surface area (Å²) in [6.07, 6.45) is 1.32. The molecule has 4 N–H and O–H groups in total. The smallest absolute Gasteiger partial charge is 0.368 e. The van der Waals surface area contributed by atoms with Crippen LogP contribution in [0.4, 0.5) is 29.6 Å². The molecule has 0 aliphatic rings. The summed E-state index contributed by atoms with van der Waals surface area (Å²) in [4.78, 5) is 23.7. The van der Waals surface area contributed by atoms with Crippen molar-refractivity contribution in [1.82, 2.24) is 20.3 Å². The van der Waals surface area contributed by atoms with E-state index < -0.39 is 17.8 Å². The van der Waals surface area contributed by atoms with Crippen LogP contribution in [0.15, 0.2) is 55.1 Å². The molecule has 0 atom stereocenters. The lowest BCUT2D eigenvalue weighted by atomic mass is 10.1. The lowest BCUT2D eigenvalue weighted by molar-refractivity contribution is -0.138. The molecular formula is C20H15F3N6O. The second-order valence-electron chi connectivity index (χ2n) is 6.00. The topological polar surface area (TPSA) is 106 Å². The molecule has 0 saturated carbocycles. The van der Waals surface area contributed by atoms with Gasteiger partial charge in [0.25, 0.3) is 0 Å². The fourth-order valence-electron chi connectivity index (χ4n) is 2.43. The maximum Gasteiger partial charge on any atom is 0.416 e. The number of carbonyl (C=O) groups excluding carboxylic acids is 1. The third-order valence-corrected chi connectivity index (χ3v) is 3.78. The van der Waals surface area contributed by atoms with Gasteiger partial charge in [0.2, 0.25) is 5.95 Å². The monoisotopic (exact) mass is 412 g/mol. The van der Waals surface area contributed by atoms with E-state index in [0.29, 0.717) is 16.8 Å². The Hall–Kier alpha value is -4.13. The highest BCUT2D eigenvalue weighted by atomic mass is 19.4. The number of anilines is 2. The number of nitrogen functional groups attached to an aromatic ring is 1. The number of amides is 2. The molecule has 7 nitrogen and oxygen atoms in total. The van der Waals surface area contributed by atoms with E-state index >= 15 is 0 Å². The van der Waals surface area contributed by atoms with Crippen molar-refractivity contribution >= 4 is 17.7 Å². The fraction of sp³-hybridized carbons (Fsp3) is 0.100. The maximum atomic E-state index is 13.0. The summed E-state index contributed by atoms with van der Waals surface area (Å²) in [6.45, 7) is -0.286. The predicted octanol–water partition coefficient (Wildman–Crippen LogP) is 3.19. The number of hydrogen-bond acceptors (Lipinski definition) is 5. The summed E-state index contributed by atoms with van der Waals surface area (Å²) in [5.74, 6) is 5.81. The van der Waals surface area contributed by atoms with Gasteiger partial charge in [-0.15, -0.1) is 0 Å². The quantitative estimate of drug-likeness (QED) is 0.573. The summed E-state index contributed by atoms with van der Waals surface area (Å²) in [5, 5.41) is 4.91. The average Bonchev–Trinajstić information content (AvgIpc) is 2.72. The van der Waals surface area contributed by atoms with E-state index in [1.54, 1.807) is 6.07 Å². The highest BCUT2D eigenvalue weighted by Crippen LogP contribution is 2.31. The zero-order valence-corrected chi connectivity index (χ0v) is 15.4. The summed E-state index contributed by atoms with van der Waals surface area (Å²) < 4.78 is 39.0. The second-order valence-corrected chi connectivity index (χ2v) is 6.00. The van der Waals surface area contributed by atoms with Crippen LogP contribution in [0.25, 0.3) is 0 Å². The summed E-state index contributed by atoms with van der Waals surface area (Å²) >= 11 is 0. The summed E-state index contributed by atoms with van der Waals surface area (Å²) in [5.41, 5.74) is 5.96. The van der Waals surface area contributed by atoms with Crippen molar-refractivity contribution in [2.75, 3.05) is 11.1 Å². The van der Waals surface area contributed by atoms with Gasteiger partial charge in [0.1, 0.15) is 0 Å². The average molecular weight is 412 g/mol. The van der Waals surface area contributed by atoms with Crippen LogP contribution >= 0.6 is 0 Å². The molecule has 0 aliphatic carbocycles. The molecule has 10 heteroatoms. The molecule has 152 valence electrons. The van der Waals surface area contributed by atoms with Gasteiger partial charge in [-0.1, -0.05) is 30.0 Å².